The van der Waals surface area contributed by atoms with E-state index in [1.165, 1.54) is 11.1 Å². The summed E-state index contributed by atoms with van der Waals surface area (Å²) in [6, 6.07) is 8.23. The highest BCUT2D eigenvalue weighted by Gasteiger charge is 2.14. The summed E-state index contributed by atoms with van der Waals surface area (Å²) in [5.74, 6) is 0.586. The van der Waals surface area contributed by atoms with Gasteiger partial charge in [0, 0.05) is 36.9 Å². The van der Waals surface area contributed by atoms with Crippen LogP contribution in [0.4, 0.5) is 11.6 Å². The summed E-state index contributed by atoms with van der Waals surface area (Å²) in [6.45, 7) is 8.56. The van der Waals surface area contributed by atoms with Gasteiger partial charge < -0.3 is 10.1 Å². The number of hydrogen-bond donors (Lipinski definition) is 1. The van der Waals surface area contributed by atoms with Crippen LogP contribution in [0.15, 0.2) is 35.8 Å². The van der Waals surface area contributed by atoms with Crippen LogP contribution in [0.2, 0.25) is 0 Å². The minimum atomic E-state index is 0.586. The number of hydrogen-bond acceptors (Lipinski definition) is 7. The molecule has 4 rings (SSSR count). The van der Waals surface area contributed by atoms with Gasteiger partial charge in [-0.1, -0.05) is 6.07 Å². The molecule has 6 nitrogen and oxygen atoms in total. The van der Waals surface area contributed by atoms with Crippen molar-refractivity contribution in [2.45, 2.75) is 20.4 Å². The number of aromatic nitrogens is 3. The van der Waals surface area contributed by atoms with Crippen LogP contribution in [-0.2, 0) is 11.3 Å². The van der Waals surface area contributed by atoms with Crippen LogP contribution < -0.4 is 5.32 Å². The lowest BCUT2D eigenvalue weighted by molar-refractivity contribution is 0.0337. The van der Waals surface area contributed by atoms with Crippen LogP contribution >= 0.6 is 11.3 Å². The van der Waals surface area contributed by atoms with Gasteiger partial charge in [-0.3, -0.25) is 4.90 Å². The molecule has 1 aliphatic rings. The van der Waals surface area contributed by atoms with Crippen LogP contribution in [0.1, 0.15) is 16.8 Å². The quantitative estimate of drug-likeness (QED) is 0.725. The van der Waals surface area contributed by atoms with E-state index in [4.69, 9.17) is 9.72 Å². The highest BCUT2D eigenvalue weighted by atomic mass is 32.1. The number of ether oxygens (including phenoxy) is 1. The third-order valence-corrected chi connectivity index (χ3v) is 5.31. The summed E-state index contributed by atoms with van der Waals surface area (Å²) in [7, 11) is 0. The van der Waals surface area contributed by atoms with Crippen LogP contribution in [0, 0.1) is 13.8 Å². The fourth-order valence-electron chi connectivity index (χ4n) is 3.20. The van der Waals surface area contributed by atoms with Crippen molar-refractivity contribution in [2.75, 3.05) is 31.6 Å². The van der Waals surface area contributed by atoms with E-state index in [-0.39, 0.29) is 0 Å². The topological polar surface area (TPSA) is 63.2 Å². The molecule has 7 heteroatoms. The van der Waals surface area contributed by atoms with Crippen molar-refractivity contribution >= 4 is 23.0 Å². The predicted molar refractivity (Wildman–Crippen MR) is 108 cm³/mol. The van der Waals surface area contributed by atoms with E-state index in [1.807, 2.05) is 6.07 Å². The number of anilines is 2. The maximum atomic E-state index is 5.41. The Balaban J connectivity index is 1.49. The fourth-order valence-corrected chi connectivity index (χ4v) is 3.98. The first-order valence-corrected chi connectivity index (χ1v) is 9.97. The molecule has 0 bridgehead atoms. The van der Waals surface area contributed by atoms with Gasteiger partial charge in [0.1, 0.15) is 10.7 Å². The summed E-state index contributed by atoms with van der Waals surface area (Å²) in [4.78, 5) is 16.1. The zero-order valence-electron chi connectivity index (χ0n) is 15.6. The number of benzene rings is 1. The number of morpholine rings is 1. The molecule has 1 aromatic carbocycles. The molecule has 0 amide bonds. The Morgan fingerprint density at radius 2 is 1.89 bits per heavy atom. The van der Waals surface area contributed by atoms with E-state index in [9.17, 15) is 0 Å². The molecule has 0 atom stereocenters. The van der Waals surface area contributed by atoms with E-state index in [0.29, 0.717) is 5.95 Å². The van der Waals surface area contributed by atoms with Gasteiger partial charge in [0.2, 0.25) is 5.95 Å². The molecule has 3 heterocycles. The standard InChI is InChI=1S/C20H23N5OS/c1-14-9-15(2)11-16(10-14)23-20-21-4-3-18(24-20)19-22-17(13-27-19)12-25-5-7-26-8-6-25/h3-4,9-11,13H,5-8,12H2,1-2H3,(H,21,23,24). The maximum absolute atomic E-state index is 5.41. The summed E-state index contributed by atoms with van der Waals surface area (Å²) < 4.78 is 5.41. The van der Waals surface area contributed by atoms with E-state index in [2.05, 4.69) is 57.6 Å². The molecule has 1 N–H and O–H groups in total. The fraction of sp³-hybridized carbons (Fsp3) is 0.350. The number of thiazole rings is 1. The SMILES string of the molecule is Cc1cc(C)cc(Nc2nccc(-c3nc(CN4CCOCC4)cs3)n2)c1. The predicted octanol–water partition coefficient (Wildman–Crippen LogP) is 3.79. The molecule has 0 unspecified atom stereocenters. The van der Waals surface area contributed by atoms with Crippen molar-refractivity contribution in [1.29, 1.82) is 0 Å². The smallest absolute Gasteiger partial charge is 0.227 e. The van der Waals surface area contributed by atoms with Gasteiger partial charge in [0.25, 0.3) is 0 Å². The second-order valence-electron chi connectivity index (χ2n) is 6.80. The average Bonchev–Trinajstić information content (AvgIpc) is 3.10. The monoisotopic (exact) mass is 381 g/mol. The van der Waals surface area contributed by atoms with E-state index < -0.39 is 0 Å². The second-order valence-corrected chi connectivity index (χ2v) is 7.66. The van der Waals surface area contributed by atoms with Crippen molar-refractivity contribution in [1.82, 2.24) is 19.9 Å². The summed E-state index contributed by atoms with van der Waals surface area (Å²) in [5.41, 5.74) is 5.34. The largest absolute Gasteiger partial charge is 0.379 e. The van der Waals surface area contributed by atoms with Crippen LogP contribution in [0.3, 0.4) is 0 Å². The van der Waals surface area contributed by atoms with E-state index in [0.717, 1.165) is 54.9 Å². The molecule has 140 valence electrons. The molecule has 1 fully saturated rings. The first-order valence-electron chi connectivity index (χ1n) is 9.09. The molecular weight excluding hydrogens is 358 g/mol. The van der Waals surface area contributed by atoms with Crippen LogP contribution in [-0.4, -0.2) is 46.2 Å². The Labute approximate surface area is 163 Å². The first-order chi connectivity index (χ1) is 13.2. The lowest BCUT2D eigenvalue weighted by Gasteiger charge is -2.25. The number of rotatable bonds is 5. The Kier molecular flexibility index (Phi) is 5.42. The molecule has 1 saturated heterocycles. The van der Waals surface area contributed by atoms with Crippen LogP contribution in [0.25, 0.3) is 10.7 Å². The van der Waals surface area contributed by atoms with Crippen molar-refractivity contribution in [3.8, 4) is 10.7 Å². The van der Waals surface area contributed by atoms with Gasteiger partial charge in [-0.2, -0.15) is 0 Å². The van der Waals surface area contributed by atoms with Gasteiger partial charge in [-0.25, -0.2) is 15.0 Å². The summed E-state index contributed by atoms with van der Waals surface area (Å²) in [5, 5.41) is 6.34. The van der Waals surface area contributed by atoms with E-state index in [1.54, 1.807) is 17.5 Å². The van der Waals surface area contributed by atoms with Gasteiger partial charge >= 0.3 is 0 Å². The van der Waals surface area contributed by atoms with Gasteiger partial charge in [-0.15, -0.1) is 11.3 Å². The average molecular weight is 382 g/mol. The van der Waals surface area contributed by atoms with Gasteiger partial charge in [0.15, 0.2) is 0 Å². The molecular formula is C20H23N5OS. The Bertz CT molecular complexity index is 900. The minimum absolute atomic E-state index is 0.586. The lowest BCUT2D eigenvalue weighted by Crippen LogP contribution is -2.35. The molecule has 0 radical (unpaired) electrons. The summed E-state index contributed by atoms with van der Waals surface area (Å²) in [6.07, 6.45) is 1.77. The molecule has 1 aliphatic heterocycles. The van der Waals surface area contributed by atoms with E-state index >= 15 is 0 Å². The van der Waals surface area contributed by atoms with Crippen molar-refractivity contribution < 1.29 is 4.74 Å². The number of nitrogens with one attached hydrogen (secondary N) is 1. The Morgan fingerprint density at radius 3 is 2.67 bits per heavy atom. The van der Waals surface area contributed by atoms with Crippen molar-refractivity contribution in [3.63, 3.8) is 0 Å². The highest BCUT2D eigenvalue weighted by Crippen LogP contribution is 2.24. The molecule has 0 aliphatic carbocycles. The molecule has 27 heavy (non-hydrogen) atoms. The van der Waals surface area contributed by atoms with Gasteiger partial charge in [0.05, 0.1) is 18.9 Å². The zero-order valence-corrected chi connectivity index (χ0v) is 16.4. The maximum Gasteiger partial charge on any atom is 0.227 e. The second kappa shape index (κ2) is 8.12. The number of nitrogens with zero attached hydrogens (tertiary/aromatic N) is 4. The highest BCUT2D eigenvalue weighted by molar-refractivity contribution is 7.13. The Morgan fingerprint density at radius 1 is 1.11 bits per heavy atom. The van der Waals surface area contributed by atoms with Gasteiger partial charge in [-0.05, 0) is 43.2 Å². The van der Waals surface area contributed by atoms with Crippen LogP contribution in [0.5, 0.6) is 0 Å². The molecule has 3 aromatic rings. The number of aryl methyl sites for hydroxylation is 2. The zero-order chi connectivity index (χ0) is 18.6. The molecule has 0 spiro atoms. The first kappa shape index (κ1) is 18.0. The third kappa shape index (κ3) is 4.68. The van der Waals surface area contributed by atoms with Crippen molar-refractivity contribution in [3.05, 3.63) is 52.7 Å². The summed E-state index contributed by atoms with van der Waals surface area (Å²) >= 11 is 1.62. The normalized spacial score (nSPS) is 15.0. The minimum Gasteiger partial charge on any atom is -0.379 e. The van der Waals surface area contributed by atoms with Crippen molar-refractivity contribution in [2.24, 2.45) is 0 Å². The Hall–Kier alpha value is -2.35. The lowest BCUT2D eigenvalue weighted by atomic mass is 10.1. The molecule has 0 saturated carbocycles. The third-order valence-electron chi connectivity index (χ3n) is 4.39. The molecule has 2 aromatic heterocycles.